The van der Waals surface area contributed by atoms with E-state index in [-0.39, 0.29) is 23.6 Å². The fourth-order valence-electron chi connectivity index (χ4n) is 2.88. The summed E-state index contributed by atoms with van der Waals surface area (Å²) >= 11 is 0. The Morgan fingerprint density at radius 2 is 2.35 bits per heavy atom. The summed E-state index contributed by atoms with van der Waals surface area (Å²) in [5.41, 5.74) is 0.976. The van der Waals surface area contributed by atoms with Gasteiger partial charge in [-0.15, -0.1) is 0 Å². The number of aromatic hydroxyl groups is 1. The molecule has 1 amide bonds. The highest BCUT2D eigenvalue weighted by atomic mass is 16.3. The minimum absolute atomic E-state index is 0.0125. The average Bonchev–Trinajstić information content (AvgIpc) is 2.48. The molecule has 1 aliphatic heterocycles. The van der Waals surface area contributed by atoms with Crippen LogP contribution >= 0.6 is 0 Å². The van der Waals surface area contributed by atoms with Gasteiger partial charge in [0.05, 0.1) is 12.0 Å². The fourth-order valence-corrected chi connectivity index (χ4v) is 2.88. The third-order valence-corrected chi connectivity index (χ3v) is 4.09. The van der Waals surface area contributed by atoms with Gasteiger partial charge in [-0.2, -0.15) is 0 Å². The Morgan fingerprint density at radius 1 is 1.55 bits per heavy atom. The number of carbonyl (C=O) groups is 1. The standard InChI is InChI=1S/C16H24N2O2/c1-3-18(16(20)14-7-5-9-17-11-14)12(2)13-6-4-8-15(19)10-13/h4,6,8,10,12,14,17,19H,3,5,7,9,11H2,1-2H3/t12?,14-/m1/s1. The molecular weight excluding hydrogens is 252 g/mol. The number of rotatable bonds is 4. The van der Waals surface area contributed by atoms with Crippen molar-refractivity contribution in [2.24, 2.45) is 5.92 Å². The maximum absolute atomic E-state index is 12.7. The Bertz CT molecular complexity index is 456. The molecule has 1 saturated heterocycles. The van der Waals surface area contributed by atoms with Crippen molar-refractivity contribution in [1.29, 1.82) is 0 Å². The molecule has 2 atom stereocenters. The highest BCUT2D eigenvalue weighted by Gasteiger charge is 2.28. The van der Waals surface area contributed by atoms with Gasteiger partial charge in [-0.25, -0.2) is 0 Å². The number of phenolic OH excluding ortho intramolecular Hbond substituents is 1. The molecule has 4 nitrogen and oxygen atoms in total. The van der Waals surface area contributed by atoms with Gasteiger partial charge in [0.1, 0.15) is 5.75 Å². The molecular formula is C16H24N2O2. The first-order valence-corrected chi connectivity index (χ1v) is 7.43. The summed E-state index contributed by atoms with van der Waals surface area (Å²) in [6, 6.07) is 7.15. The van der Waals surface area contributed by atoms with Crippen molar-refractivity contribution in [3.63, 3.8) is 0 Å². The van der Waals surface area contributed by atoms with E-state index in [4.69, 9.17) is 0 Å². The Balaban J connectivity index is 2.12. The normalized spacial score (nSPS) is 20.4. The maximum atomic E-state index is 12.7. The molecule has 2 N–H and O–H groups in total. The van der Waals surface area contributed by atoms with Gasteiger partial charge in [0.2, 0.25) is 5.91 Å². The minimum atomic E-state index is -0.0125. The van der Waals surface area contributed by atoms with Gasteiger partial charge < -0.3 is 15.3 Å². The fraction of sp³-hybridized carbons (Fsp3) is 0.562. The topological polar surface area (TPSA) is 52.6 Å². The molecule has 0 spiro atoms. The van der Waals surface area contributed by atoms with Crippen LogP contribution in [0.15, 0.2) is 24.3 Å². The van der Waals surface area contributed by atoms with Crippen molar-refractivity contribution in [2.45, 2.75) is 32.7 Å². The van der Waals surface area contributed by atoms with Gasteiger partial charge in [-0.1, -0.05) is 12.1 Å². The van der Waals surface area contributed by atoms with Crippen LogP contribution in [-0.4, -0.2) is 35.5 Å². The zero-order chi connectivity index (χ0) is 14.5. The zero-order valence-electron chi connectivity index (χ0n) is 12.3. The Morgan fingerprint density at radius 3 is 2.95 bits per heavy atom. The number of amides is 1. The van der Waals surface area contributed by atoms with Crippen molar-refractivity contribution in [2.75, 3.05) is 19.6 Å². The molecule has 0 radical (unpaired) electrons. The number of nitrogens with zero attached hydrogens (tertiary/aromatic N) is 1. The summed E-state index contributed by atoms with van der Waals surface area (Å²) in [6.45, 7) is 6.51. The number of benzene rings is 1. The van der Waals surface area contributed by atoms with Crippen molar-refractivity contribution < 1.29 is 9.90 Å². The highest BCUT2D eigenvalue weighted by molar-refractivity contribution is 5.79. The molecule has 1 fully saturated rings. The maximum Gasteiger partial charge on any atom is 0.227 e. The van der Waals surface area contributed by atoms with Crippen molar-refractivity contribution in [1.82, 2.24) is 10.2 Å². The zero-order valence-corrected chi connectivity index (χ0v) is 12.3. The molecule has 0 bridgehead atoms. The van der Waals surface area contributed by atoms with Crippen molar-refractivity contribution in [3.8, 4) is 5.75 Å². The van der Waals surface area contributed by atoms with Crippen molar-refractivity contribution in [3.05, 3.63) is 29.8 Å². The van der Waals surface area contributed by atoms with Crippen LogP contribution < -0.4 is 5.32 Å². The molecule has 0 saturated carbocycles. The van der Waals surface area contributed by atoms with Crippen molar-refractivity contribution >= 4 is 5.91 Å². The summed E-state index contributed by atoms with van der Waals surface area (Å²) < 4.78 is 0. The predicted octanol–water partition coefficient (Wildman–Crippen LogP) is 2.30. The van der Waals surface area contributed by atoms with Crippen LogP contribution in [0, 0.1) is 5.92 Å². The molecule has 0 aromatic heterocycles. The molecule has 1 aromatic rings. The lowest BCUT2D eigenvalue weighted by Gasteiger charge is -2.33. The number of carbonyl (C=O) groups excluding carboxylic acids is 1. The third kappa shape index (κ3) is 3.31. The first-order chi connectivity index (χ1) is 9.63. The second kappa shape index (κ2) is 6.75. The van der Waals surface area contributed by atoms with E-state index < -0.39 is 0 Å². The number of nitrogens with one attached hydrogen (secondary N) is 1. The Kier molecular flexibility index (Phi) is 5.01. The van der Waals surface area contributed by atoms with Crippen LogP contribution in [0.5, 0.6) is 5.75 Å². The molecule has 20 heavy (non-hydrogen) atoms. The van der Waals surface area contributed by atoms with E-state index in [1.54, 1.807) is 12.1 Å². The lowest BCUT2D eigenvalue weighted by atomic mass is 9.96. The molecule has 4 heteroatoms. The second-order valence-corrected chi connectivity index (χ2v) is 5.44. The first-order valence-electron chi connectivity index (χ1n) is 7.43. The van der Waals surface area contributed by atoms with E-state index in [1.807, 2.05) is 30.9 Å². The van der Waals surface area contributed by atoms with E-state index in [9.17, 15) is 9.90 Å². The van der Waals surface area contributed by atoms with E-state index >= 15 is 0 Å². The Hall–Kier alpha value is -1.55. The average molecular weight is 276 g/mol. The number of hydrogen-bond donors (Lipinski definition) is 2. The largest absolute Gasteiger partial charge is 0.508 e. The van der Waals surface area contributed by atoms with Gasteiger partial charge in [-0.05, 0) is 50.9 Å². The summed E-state index contributed by atoms with van der Waals surface area (Å²) in [4.78, 5) is 14.6. The molecule has 1 heterocycles. The third-order valence-electron chi connectivity index (χ3n) is 4.09. The van der Waals surface area contributed by atoms with Crippen LogP contribution in [0.3, 0.4) is 0 Å². The highest BCUT2D eigenvalue weighted by Crippen LogP contribution is 2.26. The van der Waals surface area contributed by atoms with Crippen LogP contribution in [0.4, 0.5) is 0 Å². The van der Waals surface area contributed by atoms with Gasteiger partial charge in [-0.3, -0.25) is 4.79 Å². The van der Waals surface area contributed by atoms with E-state index in [2.05, 4.69) is 5.32 Å². The number of piperidine rings is 1. The van der Waals surface area contributed by atoms with E-state index in [0.29, 0.717) is 6.54 Å². The molecule has 110 valence electrons. The van der Waals surface area contributed by atoms with Gasteiger partial charge >= 0.3 is 0 Å². The molecule has 1 aromatic carbocycles. The summed E-state index contributed by atoms with van der Waals surface area (Å²) in [5, 5.41) is 12.9. The summed E-state index contributed by atoms with van der Waals surface area (Å²) in [5.74, 6) is 0.552. The van der Waals surface area contributed by atoms with Crippen LogP contribution in [0.2, 0.25) is 0 Å². The lowest BCUT2D eigenvalue weighted by Crippen LogP contribution is -2.43. The minimum Gasteiger partial charge on any atom is -0.508 e. The summed E-state index contributed by atoms with van der Waals surface area (Å²) in [7, 11) is 0. The molecule has 1 aliphatic rings. The molecule has 1 unspecified atom stereocenters. The SMILES string of the molecule is CCN(C(=O)[C@@H]1CCCNC1)C(C)c1cccc(O)c1. The predicted molar refractivity (Wildman–Crippen MR) is 79.5 cm³/mol. The Labute approximate surface area is 120 Å². The molecule has 0 aliphatic carbocycles. The molecule has 2 rings (SSSR count). The second-order valence-electron chi connectivity index (χ2n) is 5.44. The monoisotopic (exact) mass is 276 g/mol. The van der Waals surface area contributed by atoms with Crippen LogP contribution in [-0.2, 0) is 4.79 Å². The number of phenols is 1. The first kappa shape index (κ1) is 14.9. The number of hydrogen-bond acceptors (Lipinski definition) is 3. The van der Waals surface area contributed by atoms with E-state index in [0.717, 1.165) is 31.5 Å². The van der Waals surface area contributed by atoms with Crippen LogP contribution in [0.1, 0.15) is 38.3 Å². The quantitative estimate of drug-likeness (QED) is 0.887. The smallest absolute Gasteiger partial charge is 0.227 e. The van der Waals surface area contributed by atoms with Gasteiger partial charge in [0.25, 0.3) is 0 Å². The van der Waals surface area contributed by atoms with E-state index in [1.165, 1.54) is 0 Å². The lowest BCUT2D eigenvalue weighted by molar-refractivity contribution is -0.138. The van der Waals surface area contributed by atoms with Gasteiger partial charge in [0, 0.05) is 13.1 Å². The van der Waals surface area contributed by atoms with Crippen LogP contribution in [0.25, 0.3) is 0 Å². The summed E-state index contributed by atoms with van der Waals surface area (Å²) in [6.07, 6.45) is 2.03. The van der Waals surface area contributed by atoms with Gasteiger partial charge in [0.15, 0.2) is 0 Å².